The van der Waals surface area contributed by atoms with E-state index in [9.17, 15) is 0 Å². The number of rotatable bonds is 1. The highest BCUT2D eigenvalue weighted by Crippen LogP contribution is 2.34. The summed E-state index contributed by atoms with van der Waals surface area (Å²) in [6, 6.07) is 12.8. The Bertz CT molecular complexity index is 548. The van der Waals surface area contributed by atoms with Gasteiger partial charge in [-0.25, -0.2) is 0 Å². The maximum absolute atomic E-state index is 5.98. The molecule has 1 heterocycles. The molecule has 2 aromatic rings. The fourth-order valence-electron chi connectivity index (χ4n) is 2.56. The summed E-state index contributed by atoms with van der Waals surface area (Å²) in [7, 11) is 0. The first kappa shape index (κ1) is 10.6. The zero-order chi connectivity index (χ0) is 11.8. The first-order valence-electron chi connectivity index (χ1n) is 6.18. The molecule has 2 atom stereocenters. The third kappa shape index (κ3) is 1.79. The molecule has 0 radical (unpaired) electrons. The quantitative estimate of drug-likeness (QED) is 0.813. The summed E-state index contributed by atoms with van der Waals surface area (Å²) in [6.45, 7) is 2.01. The van der Waals surface area contributed by atoms with Gasteiger partial charge in [-0.1, -0.05) is 30.3 Å². The van der Waals surface area contributed by atoms with Crippen LogP contribution in [-0.4, -0.2) is 12.1 Å². The van der Waals surface area contributed by atoms with E-state index >= 15 is 0 Å². The Labute approximate surface area is 101 Å². The van der Waals surface area contributed by atoms with Crippen molar-refractivity contribution in [3.05, 3.63) is 42.0 Å². The molecule has 0 saturated heterocycles. The van der Waals surface area contributed by atoms with Crippen molar-refractivity contribution in [3.8, 4) is 5.75 Å². The number of nitrogens with two attached hydrogens (primary N) is 1. The molecule has 0 aliphatic carbocycles. The highest BCUT2D eigenvalue weighted by Gasteiger charge is 2.23. The van der Waals surface area contributed by atoms with Crippen LogP contribution >= 0.6 is 0 Å². The van der Waals surface area contributed by atoms with Gasteiger partial charge < -0.3 is 10.5 Å². The summed E-state index contributed by atoms with van der Waals surface area (Å²) in [5.74, 6) is 1.01. The molecule has 88 valence electrons. The van der Waals surface area contributed by atoms with Crippen molar-refractivity contribution in [2.45, 2.75) is 31.9 Å². The molecular weight excluding hydrogens is 210 g/mol. The fourth-order valence-corrected chi connectivity index (χ4v) is 2.56. The molecule has 17 heavy (non-hydrogen) atoms. The average molecular weight is 227 g/mol. The molecule has 0 aromatic heterocycles. The van der Waals surface area contributed by atoms with Crippen molar-refractivity contribution in [1.29, 1.82) is 0 Å². The van der Waals surface area contributed by atoms with E-state index in [1.165, 1.54) is 16.3 Å². The van der Waals surface area contributed by atoms with Crippen LogP contribution in [-0.2, 0) is 6.42 Å². The molecule has 0 fully saturated rings. The van der Waals surface area contributed by atoms with Gasteiger partial charge in [-0.2, -0.15) is 0 Å². The van der Waals surface area contributed by atoms with Gasteiger partial charge >= 0.3 is 0 Å². The number of hydrogen-bond donors (Lipinski definition) is 1. The van der Waals surface area contributed by atoms with Crippen LogP contribution in [0.25, 0.3) is 10.8 Å². The van der Waals surface area contributed by atoms with Crippen LogP contribution in [0.2, 0.25) is 0 Å². The Balaban J connectivity index is 2.08. The lowest BCUT2D eigenvalue weighted by atomic mass is 9.94. The van der Waals surface area contributed by atoms with E-state index in [0.717, 1.165) is 18.6 Å². The lowest BCUT2D eigenvalue weighted by Crippen LogP contribution is -2.38. The van der Waals surface area contributed by atoms with Crippen LogP contribution in [0.1, 0.15) is 18.9 Å². The molecule has 0 amide bonds. The van der Waals surface area contributed by atoms with Crippen LogP contribution in [0.15, 0.2) is 36.4 Å². The van der Waals surface area contributed by atoms with Gasteiger partial charge in [0.2, 0.25) is 0 Å². The summed E-state index contributed by atoms with van der Waals surface area (Å²) in [6.07, 6.45) is 2.23. The van der Waals surface area contributed by atoms with Crippen molar-refractivity contribution in [1.82, 2.24) is 0 Å². The summed E-state index contributed by atoms with van der Waals surface area (Å²) >= 11 is 0. The van der Waals surface area contributed by atoms with Gasteiger partial charge in [-0.05, 0) is 36.6 Å². The lowest BCUT2D eigenvalue weighted by Gasteiger charge is -2.29. The first-order chi connectivity index (χ1) is 8.25. The minimum absolute atomic E-state index is 0.0922. The molecule has 2 N–H and O–H groups in total. The van der Waals surface area contributed by atoms with Gasteiger partial charge in [-0.3, -0.25) is 0 Å². The molecule has 3 rings (SSSR count). The molecule has 0 bridgehead atoms. The predicted octanol–water partition coefficient (Wildman–Crippen LogP) is 2.88. The Hall–Kier alpha value is -1.54. The lowest BCUT2D eigenvalue weighted by molar-refractivity contribution is 0.152. The molecular formula is C15H17NO. The maximum Gasteiger partial charge on any atom is 0.123 e. The van der Waals surface area contributed by atoms with E-state index in [1.807, 2.05) is 6.92 Å². The normalized spacial score (nSPS) is 20.7. The highest BCUT2D eigenvalue weighted by atomic mass is 16.5. The van der Waals surface area contributed by atoms with E-state index in [4.69, 9.17) is 10.5 Å². The van der Waals surface area contributed by atoms with E-state index < -0.39 is 0 Å². The SMILES string of the molecule is CC(N)C1CCc2c(ccc3ccccc23)O1. The first-order valence-corrected chi connectivity index (χ1v) is 6.18. The Morgan fingerprint density at radius 3 is 2.88 bits per heavy atom. The number of hydrogen-bond acceptors (Lipinski definition) is 2. The molecule has 0 saturated carbocycles. The van der Waals surface area contributed by atoms with E-state index in [2.05, 4.69) is 36.4 Å². The van der Waals surface area contributed by atoms with Crippen molar-refractivity contribution in [2.75, 3.05) is 0 Å². The summed E-state index contributed by atoms with van der Waals surface area (Å²) < 4.78 is 5.98. The molecule has 1 aliphatic rings. The van der Waals surface area contributed by atoms with Gasteiger partial charge in [0.1, 0.15) is 11.9 Å². The molecule has 2 nitrogen and oxygen atoms in total. The van der Waals surface area contributed by atoms with E-state index in [1.54, 1.807) is 0 Å². The Morgan fingerprint density at radius 2 is 2.06 bits per heavy atom. The van der Waals surface area contributed by atoms with Crippen molar-refractivity contribution < 1.29 is 4.74 Å². The van der Waals surface area contributed by atoms with Crippen LogP contribution < -0.4 is 10.5 Å². The number of aryl methyl sites for hydroxylation is 1. The second-order valence-electron chi connectivity index (χ2n) is 4.82. The van der Waals surface area contributed by atoms with Gasteiger partial charge in [0.15, 0.2) is 0 Å². The van der Waals surface area contributed by atoms with Crippen molar-refractivity contribution in [3.63, 3.8) is 0 Å². The third-order valence-corrected chi connectivity index (χ3v) is 3.54. The highest BCUT2D eigenvalue weighted by molar-refractivity contribution is 5.87. The summed E-state index contributed by atoms with van der Waals surface area (Å²) in [5.41, 5.74) is 7.25. The van der Waals surface area contributed by atoms with Crippen LogP contribution in [0.3, 0.4) is 0 Å². The number of ether oxygens (including phenoxy) is 1. The molecule has 2 heteroatoms. The zero-order valence-electron chi connectivity index (χ0n) is 10.0. The maximum atomic E-state index is 5.98. The van der Waals surface area contributed by atoms with Gasteiger partial charge in [-0.15, -0.1) is 0 Å². The zero-order valence-corrected chi connectivity index (χ0v) is 10.0. The topological polar surface area (TPSA) is 35.2 Å². The third-order valence-electron chi connectivity index (χ3n) is 3.54. The largest absolute Gasteiger partial charge is 0.489 e. The molecule has 1 aliphatic heterocycles. The molecule has 2 aromatic carbocycles. The van der Waals surface area contributed by atoms with Gasteiger partial charge in [0.25, 0.3) is 0 Å². The van der Waals surface area contributed by atoms with Crippen molar-refractivity contribution >= 4 is 10.8 Å². The predicted molar refractivity (Wildman–Crippen MR) is 70.3 cm³/mol. The van der Waals surface area contributed by atoms with Gasteiger partial charge in [0, 0.05) is 11.6 Å². The average Bonchev–Trinajstić information content (AvgIpc) is 2.38. The van der Waals surface area contributed by atoms with Gasteiger partial charge in [0.05, 0.1) is 0 Å². The van der Waals surface area contributed by atoms with E-state index in [-0.39, 0.29) is 12.1 Å². The van der Waals surface area contributed by atoms with E-state index in [0.29, 0.717) is 0 Å². The molecule has 0 spiro atoms. The summed E-state index contributed by atoms with van der Waals surface area (Å²) in [5, 5.41) is 2.60. The minimum atomic E-state index is 0.0922. The second-order valence-corrected chi connectivity index (χ2v) is 4.82. The number of fused-ring (bicyclic) bond motifs is 3. The Morgan fingerprint density at radius 1 is 1.24 bits per heavy atom. The molecule has 2 unspecified atom stereocenters. The van der Waals surface area contributed by atoms with Crippen molar-refractivity contribution in [2.24, 2.45) is 5.73 Å². The smallest absolute Gasteiger partial charge is 0.123 e. The summed E-state index contributed by atoms with van der Waals surface area (Å²) in [4.78, 5) is 0. The number of benzene rings is 2. The fraction of sp³-hybridized carbons (Fsp3) is 0.333. The standard InChI is InChI=1S/C15H17NO/c1-10(16)14-9-7-13-12-5-3-2-4-11(12)6-8-15(13)17-14/h2-6,8,10,14H,7,9,16H2,1H3. The monoisotopic (exact) mass is 227 g/mol. The van der Waals surface area contributed by atoms with Crippen LogP contribution in [0.4, 0.5) is 0 Å². The Kier molecular flexibility index (Phi) is 2.52. The van der Waals surface area contributed by atoms with Crippen LogP contribution in [0.5, 0.6) is 5.75 Å². The second kappa shape index (κ2) is 4.04. The minimum Gasteiger partial charge on any atom is -0.489 e. The van der Waals surface area contributed by atoms with Crippen LogP contribution in [0, 0.1) is 0 Å².